The summed E-state index contributed by atoms with van der Waals surface area (Å²) in [5.74, 6) is -0.253. The lowest BCUT2D eigenvalue weighted by molar-refractivity contribution is 0.0683. The second-order valence-electron chi connectivity index (χ2n) is 4.96. The van der Waals surface area contributed by atoms with Crippen LogP contribution in [0.5, 0.6) is 5.88 Å². The highest BCUT2D eigenvalue weighted by molar-refractivity contribution is 5.89. The van der Waals surface area contributed by atoms with E-state index in [-0.39, 0.29) is 11.6 Å². The molecule has 1 aliphatic carbocycles. The number of ether oxygens (including phenoxy) is 1. The molecule has 0 aliphatic heterocycles. The molecule has 0 radical (unpaired) electrons. The maximum atomic E-state index is 11.4. The van der Waals surface area contributed by atoms with Crippen molar-refractivity contribution in [1.29, 1.82) is 0 Å². The van der Waals surface area contributed by atoms with Crippen LogP contribution in [0, 0.1) is 5.92 Å². The van der Waals surface area contributed by atoms with Gasteiger partial charge < -0.3 is 9.84 Å². The minimum Gasteiger partial charge on any atom is -0.476 e. The fourth-order valence-electron chi connectivity index (χ4n) is 2.64. The number of nitrogens with zero attached hydrogens (tertiary/aromatic N) is 2. The quantitative estimate of drug-likeness (QED) is 0.917. The Hall–Kier alpha value is -2.04. The van der Waals surface area contributed by atoms with Crippen molar-refractivity contribution in [1.82, 2.24) is 9.38 Å². The molecule has 100 valence electrons. The van der Waals surface area contributed by atoms with Crippen molar-refractivity contribution in [3.63, 3.8) is 0 Å². The number of carboxylic acid groups (broad SMARTS) is 1. The fourth-order valence-corrected chi connectivity index (χ4v) is 2.64. The van der Waals surface area contributed by atoms with Crippen molar-refractivity contribution in [3.8, 4) is 5.88 Å². The lowest BCUT2D eigenvalue weighted by atomic mass is 10.1. The summed E-state index contributed by atoms with van der Waals surface area (Å²) in [5.41, 5.74) is 0.704. The number of carbonyl (C=O) groups is 1. The van der Waals surface area contributed by atoms with Gasteiger partial charge >= 0.3 is 5.97 Å². The zero-order valence-electron chi connectivity index (χ0n) is 10.6. The van der Waals surface area contributed by atoms with E-state index in [2.05, 4.69) is 4.98 Å². The first kappa shape index (κ1) is 12.0. The number of pyridine rings is 1. The molecular weight excluding hydrogens is 244 g/mol. The Bertz CT molecular complexity index is 600. The average Bonchev–Trinajstić information content (AvgIpc) is 3.03. The van der Waals surface area contributed by atoms with E-state index >= 15 is 0 Å². The number of hydrogen-bond donors (Lipinski definition) is 1. The lowest BCUT2D eigenvalue weighted by Crippen LogP contribution is -2.11. The first-order valence-electron chi connectivity index (χ1n) is 6.59. The molecule has 2 aromatic rings. The smallest absolute Gasteiger partial charge is 0.358 e. The normalized spacial score (nSPS) is 16.0. The fraction of sp³-hybridized carbons (Fsp3) is 0.429. The van der Waals surface area contributed by atoms with Crippen LogP contribution in [-0.2, 0) is 0 Å². The van der Waals surface area contributed by atoms with E-state index in [1.807, 2.05) is 6.07 Å². The molecule has 1 aliphatic rings. The number of imidazole rings is 1. The van der Waals surface area contributed by atoms with Gasteiger partial charge in [-0.05, 0) is 30.9 Å². The molecule has 2 heterocycles. The Kier molecular flexibility index (Phi) is 3.11. The standard InChI is InChI=1S/C14H16N2O3/c17-14(18)12-13(19-9-10-5-1-2-6-10)15-11-7-3-4-8-16(11)12/h3-4,7-8,10H,1-2,5-6,9H2,(H,17,18). The van der Waals surface area contributed by atoms with Gasteiger partial charge in [0, 0.05) is 6.20 Å². The first-order chi connectivity index (χ1) is 9.25. The number of hydrogen-bond acceptors (Lipinski definition) is 3. The topological polar surface area (TPSA) is 63.8 Å². The van der Waals surface area contributed by atoms with Gasteiger partial charge in [-0.1, -0.05) is 18.9 Å². The number of aromatic nitrogens is 2. The monoisotopic (exact) mass is 260 g/mol. The summed E-state index contributed by atoms with van der Waals surface area (Å²) in [5, 5.41) is 9.30. The summed E-state index contributed by atoms with van der Waals surface area (Å²) in [6, 6.07) is 5.38. The van der Waals surface area contributed by atoms with E-state index in [0.717, 1.165) is 12.8 Å². The van der Waals surface area contributed by atoms with Crippen LogP contribution in [0.2, 0.25) is 0 Å². The molecule has 2 aromatic heterocycles. The first-order valence-corrected chi connectivity index (χ1v) is 6.59. The van der Waals surface area contributed by atoms with E-state index in [0.29, 0.717) is 18.2 Å². The Morgan fingerprint density at radius 3 is 2.95 bits per heavy atom. The molecule has 0 aromatic carbocycles. The third-order valence-corrected chi connectivity index (χ3v) is 3.63. The molecule has 19 heavy (non-hydrogen) atoms. The van der Waals surface area contributed by atoms with Gasteiger partial charge in [0.15, 0.2) is 5.69 Å². The molecule has 1 N–H and O–H groups in total. The van der Waals surface area contributed by atoms with Crippen LogP contribution < -0.4 is 4.74 Å². The number of aromatic carboxylic acids is 1. The van der Waals surface area contributed by atoms with Crippen LogP contribution in [0.15, 0.2) is 24.4 Å². The molecular formula is C14H16N2O3. The third-order valence-electron chi connectivity index (χ3n) is 3.63. The lowest BCUT2D eigenvalue weighted by Gasteiger charge is -2.09. The summed E-state index contributed by atoms with van der Waals surface area (Å²) in [6.07, 6.45) is 6.50. The summed E-state index contributed by atoms with van der Waals surface area (Å²) in [6.45, 7) is 0.560. The van der Waals surface area contributed by atoms with Gasteiger partial charge in [0.1, 0.15) is 5.65 Å². The predicted octanol–water partition coefficient (Wildman–Crippen LogP) is 2.60. The Balaban J connectivity index is 1.88. The Morgan fingerprint density at radius 2 is 2.21 bits per heavy atom. The van der Waals surface area contributed by atoms with Crippen LogP contribution in [-0.4, -0.2) is 27.1 Å². The second kappa shape index (κ2) is 4.91. The van der Waals surface area contributed by atoms with Crippen molar-refractivity contribution in [3.05, 3.63) is 30.1 Å². The highest BCUT2D eigenvalue weighted by Crippen LogP contribution is 2.27. The van der Waals surface area contributed by atoms with Crippen molar-refractivity contribution in [2.45, 2.75) is 25.7 Å². The third kappa shape index (κ3) is 2.28. The van der Waals surface area contributed by atoms with Crippen molar-refractivity contribution < 1.29 is 14.6 Å². The molecule has 0 spiro atoms. The largest absolute Gasteiger partial charge is 0.476 e. The van der Waals surface area contributed by atoms with E-state index in [1.54, 1.807) is 22.7 Å². The van der Waals surface area contributed by atoms with Gasteiger partial charge in [0.05, 0.1) is 6.61 Å². The molecule has 0 atom stereocenters. The minimum absolute atomic E-state index is 0.105. The van der Waals surface area contributed by atoms with E-state index in [1.165, 1.54) is 12.8 Å². The number of carboxylic acids is 1. The van der Waals surface area contributed by atoms with E-state index in [4.69, 9.17) is 4.74 Å². The Morgan fingerprint density at radius 1 is 1.42 bits per heavy atom. The van der Waals surface area contributed by atoms with Gasteiger partial charge in [-0.2, -0.15) is 4.98 Å². The molecule has 1 saturated carbocycles. The highest BCUT2D eigenvalue weighted by Gasteiger charge is 2.22. The SMILES string of the molecule is O=C(O)c1c(OCC2CCCC2)nc2ccccn12. The highest BCUT2D eigenvalue weighted by atomic mass is 16.5. The average molecular weight is 260 g/mol. The van der Waals surface area contributed by atoms with Crippen molar-refractivity contribution in [2.24, 2.45) is 5.92 Å². The molecule has 3 rings (SSSR count). The molecule has 0 unspecified atom stereocenters. The summed E-state index contributed by atoms with van der Waals surface area (Å²) in [7, 11) is 0. The maximum Gasteiger partial charge on any atom is 0.358 e. The Labute approximate surface area is 110 Å². The summed E-state index contributed by atoms with van der Waals surface area (Å²) < 4.78 is 7.20. The number of rotatable bonds is 4. The minimum atomic E-state index is -1.01. The van der Waals surface area contributed by atoms with E-state index < -0.39 is 5.97 Å². The molecule has 0 amide bonds. The summed E-state index contributed by atoms with van der Waals surface area (Å²) in [4.78, 5) is 15.6. The van der Waals surface area contributed by atoms with Gasteiger partial charge in [-0.25, -0.2) is 4.79 Å². The molecule has 0 saturated heterocycles. The molecule has 1 fully saturated rings. The van der Waals surface area contributed by atoms with E-state index in [9.17, 15) is 9.90 Å². The van der Waals surface area contributed by atoms with Crippen molar-refractivity contribution >= 4 is 11.6 Å². The molecule has 5 heteroatoms. The van der Waals surface area contributed by atoms with Gasteiger partial charge in [0.2, 0.25) is 5.88 Å². The summed E-state index contributed by atoms with van der Waals surface area (Å²) >= 11 is 0. The zero-order chi connectivity index (χ0) is 13.2. The van der Waals surface area contributed by atoms with Crippen molar-refractivity contribution in [2.75, 3.05) is 6.61 Å². The molecule has 5 nitrogen and oxygen atoms in total. The zero-order valence-corrected chi connectivity index (χ0v) is 10.6. The van der Waals surface area contributed by atoms with Crippen LogP contribution >= 0.6 is 0 Å². The van der Waals surface area contributed by atoms with Crippen LogP contribution in [0.1, 0.15) is 36.2 Å². The van der Waals surface area contributed by atoms with Crippen LogP contribution in [0.3, 0.4) is 0 Å². The van der Waals surface area contributed by atoms with Crippen LogP contribution in [0.25, 0.3) is 5.65 Å². The van der Waals surface area contributed by atoms with Gasteiger partial charge in [0.25, 0.3) is 0 Å². The number of fused-ring (bicyclic) bond motifs is 1. The van der Waals surface area contributed by atoms with Crippen LogP contribution in [0.4, 0.5) is 0 Å². The predicted molar refractivity (Wildman–Crippen MR) is 69.6 cm³/mol. The second-order valence-corrected chi connectivity index (χ2v) is 4.96. The maximum absolute atomic E-state index is 11.4. The van der Waals surface area contributed by atoms with Gasteiger partial charge in [-0.15, -0.1) is 0 Å². The van der Waals surface area contributed by atoms with Gasteiger partial charge in [-0.3, -0.25) is 4.40 Å². The molecule has 0 bridgehead atoms.